The van der Waals surface area contributed by atoms with Crippen LogP contribution >= 0.6 is 15.9 Å². The summed E-state index contributed by atoms with van der Waals surface area (Å²) in [5.74, 6) is 1.53. The van der Waals surface area contributed by atoms with Crippen LogP contribution in [0.4, 0.5) is 0 Å². The second kappa shape index (κ2) is 8.70. The Balaban J connectivity index is 2.56. The second-order valence-corrected chi connectivity index (χ2v) is 7.07. The van der Waals surface area contributed by atoms with Crippen molar-refractivity contribution in [1.82, 2.24) is 9.88 Å². The van der Waals surface area contributed by atoms with Crippen LogP contribution in [0.5, 0.6) is 0 Å². The van der Waals surface area contributed by atoms with E-state index >= 15 is 0 Å². The van der Waals surface area contributed by atoms with Crippen molar-refractivity contribution in [2.24, 2.45) is 11.8 Å². The largest absolute Gasteiger partial charge is 0.299 e. The van der Waals surface area contributed by atoms with Crippen LogP contribution < -0.4 is 0 Å². The summed E-state index contributed by atoms with van der Waals surface area (Å²) in [5, 5.41) is 0. The Labute approximate surface area is 126 Å². The van der Waals surface area contributed by atoms with E-state index in [4.69, 9.17) is 0 Å². The van der Waals surface area contributed by atoms with Crippen LogP contribution in [0, 0.1) is 11.8 Å². The van der Waals surface area contributed by atoms with Gasteiger partial charge in [0, 0.05) is 23.4 Å². The fourth-order valence-corrected chi connectivity index (χ4v) is 2.36. The van der Waals surface area contributed by atoms with E-state index in [-0.39, 0.29) is 0 Å². The smallest absolute Gasteiger partial charge is 0.0410 e. The first-order valence-electron chi connectivity index (χ1n) is 7.29. The van der Waals surface area contributed by atoms with Crippen molar-refractivity contribution in [1.29, 1.82) is 0 Å². The predicted molar refractivity (Wildman–Crippen MR) is 86.1 cm³/mol. The molecule has 0 aliphatic heterocycles. The third kappa shape index (κ3) is 7.68. The zero-order valence-corrected chi connectivity index (χ0v) is 14.3. The van der Waals surface area contributed by atoms with Crippen molar-refractivity contribution in [3.8, 4) is 0 Å². The zero-order valence-electron chi connectivity index (χ0n) is 12.7. The molecule has 0 saturated carbocycles. The summed E-state index contributed by atoms with van der Waals surface area (Å²) in [5.41, 5.74) is 1.29. The number of pyridine rings is 1. The van der Waals surface area contributed by atoms with Crippen molar-refractivity contribution < 1.29 is 0 Å². The second-order valence-electron chi connectivity index (χ2n) is 6.15. The van der Waals surface area contributed by atoms with Gasteiger partial charge in [0.1, 0.15) is 0 Å². The number of rotatable bonds is 8. The molecule has 0 N–H and O–H groups in total. The molecule has 0 radical (unpaired) electrons. The molecule has 0 bridgehead atoms. The molecular formula is C16H27BrN2. The third-order valence-electron chi connectivity index (χ3n) is 3.21. The van der Waals surface area contributed by atoms with Crippen LogP contribution in [0.15, 0.2) is 22.9 Å². The minimum atomic E-state index is 0.766. The monoisotopic (exact) mass is 326 g/mol. The Morgan fingerprint density at radius 3 is 2.11 bits per heavy atom. The quantitative estimate of drug-likeness (QED) is 0.686. The van der Waals surface area contributed by atoms with Crippen molar-refractivity contribution in [3.63, 3.8) is 0 Å². The van der Waals surface area contributed by atoms with E-state index in [1.165, 1.54) is 31.5 Å². The summed E-state index contributed by atoms with van der Waals surface area (Å²) >= 11 is 3.50. The zero-order chi connectivity index (χ0) is 14.3. The molecule has 0 spiro atoms. The lowest BCUT2D eigenvalue weighted by molar-refractivity contribution is 0.235. The Morgan fingerprint density at radius 1 is 1.05 bits per heavy atom. The first-order chi connectivity index (χ1) is 8.97. The fourth-order valence-electron chi connectivity index (χ4n) is 1.95. The number of nitrogens with zero attached hydrogens (tertiary/aromatic N) is 2. The minimum absolute atomic E-state index is 0.766. The molecule has 0 fully saturated rings. The minimum Gasteiger partial charge on any atom is -0.299 e. The van der Waals surface area contributed by atoms with Crippen LogP contribution in [0.3, 0.4) is 0 Å². The average molecular weight is 327 g/mol. The molecule has 0 aromatic carbocycles. The van der Waals surface area contributed by atoms with Crippen LogP contribution in [0.1, 0.15) is 46.1 Å². The van der Waals surface area contributed by atoms with Crippen molar-refractivity contribution in [2.75, 3.05) is 13.1 Å². The van der Waals surface area contributed by atoms with E-state index in [1.54, 1.807) is 0 Å². The predicted octanol–water partition coefficient (Wildman–Crippen LogP) is 4.74. The Morgan fingerprint density at radius 2 is 1.63 bits per heavy atom. The number of hydrogen-bond donors (Lipinski definition) is 0. The van der Waals surface area contributed by atoms with Gasteiger partial charge in [0.2, 0.25) is 0 Å². The Hall–Kier alpha value is -0.410. The summed E-state index contributed by atoms with van der Waals surface area (Å²) in [4.78, 5) is 6.81. The fraction of sp³-hybridized carbons (Fsp3) is 0.688. The van der Waals surface area contributed by atoms with Gasteiger partial charge in [-0.05, 0) is 65.3 Å². The highest BCUT2D eigenvalue weighted by atomic mass is 79.9. The first-order valence-corrected chi connectivity index (χ1v) is 8.08. The molecule has 0 aliphatic carbocycles. The molecule has 108 valence electrons. The molecule has 19 heavy (non-hydrogen) atoms. The SMILES string of the molecule is CC(C)CCN(CCC(C)C)Cc1cncc(Br)c1. The van der Waals surface area contributed by atoms with Crippen LogP contribution in [-0.4, -0.2) is 23.0 Å². The maximum absolute atomic E-state index is 4.25. The van der Waals surface area contributed by atoms with Gasteiger partial charge < -0.3 is 0 Å². The number of hydrogen-bond acceptors (Lipinski definition) is 2. The van der Waals surface area contributed by atoms with Gasteiger partial charge in [-0.25, -0.2) is 0 Å². The summed E-state index contributed by atoms with van der Waals surface area (Å²) in [6, 6.07) is 2.17. The van der Waals surface area contributed by atoms with E-state index in [0.29, 0.717) is 0 Å². The van der Waals surface area contributed by atoms with Crippen LogP contribution in [-0.2, 0) is 6.54 Å². The van der Waals surface area contributed by atoms with Gasteiger partial charge in [-0.15, -0.1) is 0 Å². The molecule has 1 heterocycles. The first kappa shape index (κ1) is 16.6. The van der Waals surface area contributed by atoms with Gasteiger partial charge in [-0.1, -0.05) is 27.7 Å². The topological polar surface area (TPSA) is 16.1 Å². The van der Waals surface area contributed by atoms with Gasteiger partial charge >= 0.3 is 0 Å². The number of aromatic nitrogens is 1. The Bertz CT molecular complexity index is 352. The molecule has 2 nitrogen and oxygen atoms in total. The summed E-state index contributed by atoms with van der Waals surface area (Å²) < 4.78 is 1.07. The van der Waals surface area contributed by atoms with Gasteiger partial charge in [0.25, 0.3) is 0 Å². The maximum Gasteiger partial charge on any atom is 0.0410 e. The van der Waals surface area contributed by atoms with Crippen molar-refractivity contribution in [3.05, 3.63) is 28.5 Å². The standard InChI is InChI=1S/C16H27BrN2/c1-13(2)5-7-19(8-6-14(3)4)12-15-9-16(17)11-18-10-15/h9-11,13-14H,5-8,12H2,1-4H3. The lowest BCUT2D eigenvalue weighted by atomic mass is 10.1. The van der Waals surface area contributed by atoms with Crippen molar-refractivity contribution in [2.45, 2.75) is 47.1 Å². The van der Waals surface area contributed by atoms with E-state index < -0.39 is 0 Å². The highest BCUT2D eigenvalue weighted by Crippen LogP contribution is 2.14. The highest BCUT2D eigenvalue weighted by Gasteiger charge is 2.08. The van der Waals surface area contributed by atoms with Gasteiger partial charge in [0.05, 0.1) is 0 Å². The van der Waals surface area contributed by atoms with Gasteiger partial charge in [-0.3, -0.25) is 9.88 Å². The van der Waals surface area contributed by atoms with Crippen LogP contribution in [0.2, 0.25) is 0 Å². The normalized spacial score (nSPS) is 11.8. The molecule has 0 unspecified atom stereocenters. The summed E-state index contributed by atoms with van der Waals surface area (Å²) in [6.07, 6.45) is 6.34. The lowest BCUT2D eigenvalue weighted by Crippen LogP contribution is -2.27. The summed E-state index contributed by atoms with van der Waals surface area (Å²) in [6.45, 7) is 12.5. The third-order valence-corrected chi connectivity index (χ3v) is 3.65. The maximum atomic E-state index is 4.25. The van der Waals surface area contributed by atoms with E-state index in [1.807, 2.05) is 12.4 Å². The summed E-state index contributed by atoms with van der Waals surface area (Å²) in [7, 11) is 0. The molecule has 0 atom stereocenters. The van der Waals surface area contributed by atoms with Crippen LogP contribution in [0.25, 0.3) is 0 Å². The van der Waals surface area contributed by atoms with Crippen molar-refractivity contribution >= 4 is 15.9 Å². The van der Waals surface area contributed by atoms with E-state index in [2.05, 4.69) is 59.6 Å². The number of halogens is 1. The molecule has 1 aromatic heterocycles. The average Bonchev–Trinajstić information content (AvgIpc) is 2.32. The van der Waals surface area contributed by atoms with Gasteiger partial charge in [-0.2, -0.15) is 0 Å². The molecule has 3 heteroatoms. The molecule has 1 rings (SSSR count). The molecule has 0 aliphatic rings. The molecular weight excluding hydrogens is 300 g/mol. The highest BCUT2D eigenvalue weighted by molar-refractivity contribution is 9.10. The van der Waals surface area contributed by atoms with Gasteiger partial charge in [0.15, 0.2) is 0 Å². The van der Waals surface area contributed by atoms with E-state index in [0.717, 1.165) is 22.9 Å². The Kier molecular flexibility index (Phi) is 7.62. The molecule has 0 amide bonds. The molecule has 0 saturated heterocycles. The van der Waals surface area contributed by atoms with E-state index in [9.17, 15) is 0 Å². The lowest BCUT2D eigenvalue weighted by Gasteiger charge is -2.24. The molecule has 1 aromatic rings.